The summed E-state index contributed by atoms with van der Waals surface area (Å²) in [6.07, 6.45) is 1.37. The smallest absolute Gasteiger partial charge is 0.286 e. The quantitative estimate of drug-likeness (QED) is 0.557. The summed E-state index contributed by atoms with van der Waals surface area (Å²) in [6, 6.07) is 11.0. The lowest BCUT2D eigenvalue weighted by molar-refractivity contribution is 0.0792. The lowest BCUT2D eigenvalue weighted by Gasteiger charge is -2.29. The molecule has 4 rings (SSSR count). The average molecular weight is 423 g/mol. The van der Waals surface area contributed by atoms with E-state index < -0.39 is 11.7 Å². The van der Waals surface area contributed by atoms with E-state index in [2.05, 4.69) is 16.8 Å². The zero-order chi connectivity index (χ0) is 22.1. The number of furan rings is 1. The number of anilines is 1. The van der Waals surface area contributed by atoms with E-state index in [0.717, 1.165) is 43.6 Å². The van der Waals surface area contributed by atoms with Crippen molar-refractivity contribution >= 4 is 28.3 Å². The second kappa shape index (κ2) is 8.53. The van der Waals surface area contributed by atoms with E-state index in [1.807, 2.05) is 24.3 Å². The van der Waals surface area contributed by atoms with Crippen LogP contribution in [0.25, 0.3) is 16.7 Å². The van der Waals surface area contributed by atoms with Gasteiger partial charge in [-0.15, -0.1) is 0 Å². The zero-order valence-electron chi connectivity index (χ0n) is 17.5. The predicted molar refractivity (Wildman–Crippen MR) is 119 cm³/mol. The monoisotopic (exact) mass is 423 g/mol. The number of aryl methyl sites for hydroxylation is 1. The summed E-state index contributed by atoms with van der Waals surface area (Å²) in [5.41, 5.74) is 8.96. The fourth-order valence-electron chi connectivity index (χ4n) is 4.01. The Morgan fingerprint density at radius 2 is 2.06 bits per heavy atom. The van der Waals surface area contributed by atoms with Crippen LogP contribution in [0.2, 0.25) is 0 Å². The molecule has 162 valence electrons. The van der Waals surface area contributed by atoms with E-state index in [1.54, 1.807) is 13.0 Å². The molecule has 2 heterocycles. The summed E-state index contributed by atoms with van der Waals surface area (Å²) in [6.45, 7) is 8.37. The van der Waals surface area contributed by atoms with Gasteiger partial charge in [-0.2, -0.15) is 0 Å². The van der Waals surface area contributed by atoms with E-state index in [9.17, 15) is 14.3 Å². The number of hydrogen-bond acceptors (Lipinski definition) is 5. The topological polar surface area (TPSA) is 91.7 Å². The van der Waals surface area contributed by atoms with Crippen molar-refractivity contribution in [2.24, 2.45) is 5.73 Å². The maximum atomic E-state index is 14.3. The molecule has 1 fully saturated rings. The van der Waals surface area contributed by atoms with Crippen LogP contribution in [0.1, 0.15) is 40.1 Å². The van der Waals surface area contributed by atoms with Gasteiger partial charge in [0.25, 0.3) is 5.91 Å². The van der Waals surface area contributed by atoms with Crippen LogP contribution in [0, 0.1) is 12.7 Å². The number of carbonyl (C=O) groups excluding carboxylic acids is 1. The summed E-state index contributed by atoms with van der Waals surface area (Å²) in [7, 11) is 0. The van der Waals surface area contributed by atoms with Crippen LogP contribution >= 0.6 is 0 Å². The summed E-state index contributed by atoms with van der Waals surface area (Å²) < 4.78 is 19.8. The molecule has 31 heavy (non-hydrogen) atoms. The van der Waals surface area contributed by atoms with Gasteiger partial charge in [-0.05, 0) is 54.7 Å². The minimum Gasteiger partial charge on any atom is -0.446 e. The molecule has 1 aliphatic rings. The van der Waals surface area contributed by atoms with Gasteiger partial charge in [0.2, 0.25) is 5.76 Å². The summed E-state index contributed by atoms with van der Waals surface area (Å²) in [5, 5.41) is 13.3. The second-order valence-electron chi connectivity index (χ2n) is 8.11. The van der Waals surface area contributed by atoms with Gasteiger partial charge in [0.1, 0.15) is 0 Å². The molecule has 3 aromatic rings. The van der Waals surface area contributed by atoms with Crippen molar-refractivity contribution in [3.05, 3.63) is 71.2 Å². The van der Waals surface area contributed by atoms with Crippen LogP contribution in [0.15, 0.2) is 47.4 Å². The fraction of sp³-hybridized carbons (Fsp3) is 0.292. The van der Waals surface area contributed by atoms with E-state index in [1.165, 1.54) is 6.07 Å². The third-order valence-corrected chi connectivity index (χ3v) is 5.63. The number of nitrogens with two attached hydrogens (primary N) is 1. The first-order valence-corrected chi connectivity index (χ1v) is 10.3. The Labute approximate surface area is 180 Å². The van der Waals surface area contributed by atoms with Gasteiger partial charge in [0.15, 0.2) is 11.4 Å². The second-order valence-corrected chi connectivity index (χ2v) is 8.11. The number of piperidine rings is 1. The van der Waals surface area contributed by atoms with Crippen LogP contribution in [0.5, 0.6) is 0 Å². The number of likely N-dealkylation sites (tertiary alicyclic amines) is 1. The summed E-state index contributed by atoms with van der Waals surface area (Å²) in [5.74, 6) is -1.47. The average Bonchev–Trinajstić information content (AvgIpc) is 3.09. The number of nitrogens with one attached hydrogen (secondary N) is 1. The highest BCUT2D eigenvalue weighted by atomic mass is 19.1. The molecule has 1 amide bonds. The molecule has 2 aromatic carbocycles. The number of benzene rings is 2. The van der Waals surface area contributed by atoms with Crippen LogP contribution in [-0.4, -0.2) is 35.1 Å². The van der Waals surface area contributed by atoms with E-state index >= 15 is 0 Å². The van der Waals surface area contributed by atoms with Gasteiger partial charge < -0.3 is 20.6 Å². The third kappa shape index (κ3) is 4.47. The molecule has 1 saturated heterocycles. The zero-order valence-corrected chi connectivity index (χ0v) is 17.5. The molecular formula is C24H26FN3O3. The van der Waals surface area contributed by atoms with E-state index in [0.29, 0.717) is 22.3 Å². The Morgan fingerprint density at radius 1 is 1.32 bits per heavy atom. The van der Waals surface area contributed by atoms with E-state index in [4.69, 9.17) is 10.2 Å². The minimum atomic E-state index is -0.787. The van der Waals surface area contributed by atoms with Crippen molar-refractivity contribution in [3.8, 4) is 0 Å². The molecule has 7 heteroatoms. The predicted octanol–water partition coefficient (Wildman–Crippen LogP) is 4.02. The van der Waals surface area contributed by atoms with E-state index in [-0.39, 0.29) is 17.4 Å². The lowest BCUT2D eigenvalue weighted by atomic mass is 10.0. The van der Waals surface area contributed by atoms with Crippen LogP contribution in [0.4, 0.5) is 10.1 Å². The highest BCUT2D eigenvalue weighted by molar-refractivity contribution is 6.07. The van der Waals surface area contributed by atoms with Crippen LogP contribution in [-0.2, 0) is 6.54 Å². The number of carbonyl (C=O) groups is 1. The van der Waals surface area contributed by atoms with Crippen LogP contribution < -0.4 is 11.1 Å². The highest BCUT2D eigenvalue weighted by Gasteiger charge is 2.22. The van der Waals surface area contributed by atoms with Gasteiger partial charge in [-0.1, -0.05) is 24.8 Å². The molecular weight excluding hydrogens is 397 g/mol. The molecule has 0 aliphatic carbocycles. The Hall–Kier alpha value is -3.16. The number of aliphatic hydroxyl groups is 1. The number of fused-ring (bicyclic) bond motifs is 1. The maximum absolute atomic E-state index is 14.3. The van der Waals surface area contributed by atoms with Crippen molar-refractivity contribution in [2.75, 3.05) is 18.4 Å². The number of aliphatic hydroxyl groups excluding tert-OH is 1. The van der Waals surface area contributed by atoms with Crippen molar-refractivity contribution in [1.29, 1.82) is 0 Å². The molecule has 4 N–H and O–H groups in total. The molecule has 0 atom stereocenters. The normalized spacial score (nSPS) is 15.3. The maximum Gasteiger partial charge on any atom is 0.286 e. The standard InChI is InChI=1S/C24H26FN3O3/c1-14-10-19-21(23(24(26)30)31-22(19)20(25)11-14)27-15(2)17-5-3-4-16(12-17)13-28-8-6-18(29)7-9-28/h3-5,10-12,18,27,29H,2,6-9,13H2,1H3,(H2,26,30). The van der Waals surface area contributed by atoms with Crippen molar-refractivity contribution < 1.29 is 18.7 Å². The van der Waals surface area contributed by atoms with Crippen molar-refractivity contribution in [2.45, 2.75) is 32.4 Å². The molecule has 0 radical (unpaired) electrons. The third-order valence-electron chi connectivity index (χ3n) is 5.63. The Bertz CT molecular complexity index is 1150. The molecule has 0 spiro atoms. The molecule has 6 nitrogen and oxygen atoms in total. The van der Waals surface area contributed by atoms with Crippen molar-refractivity contribution in [1.82, 2.24) is 4.90 Å². The largest absolute Gasteiger partial charge is 0.446 e. The number of primary amides is 1. The highest BCUT2D eigenvalue weighted by Crippen LogP contribution is 2.35. The van der Waals surface area contributed by atoms with Gasteiger partial charge in [-0.3, -0.25) is 9.69 Å². The lowest BCUT2D eigenvalue weighted by Crippen LogP contribution is -2.35. The Balaban J connectivity index is 1.59. The number of amides is 1. The minimum absolute atomic E-state index is 0.0178. The Morgan fingerprint density at radius 3 is 2.77 bits per heavy atom. The molecule has 1 aliphatic heterocycles. The summed E-state index contributed by atoms with van der Waals surface area (Å²) in [4.78, 5) is 14.2. The number of rotatable bonds is 6. The first-order chi connectivity index (χ1) is 14.8. The Kier molecular flexibility index (Phi) is 5.80. The fourth-order valence-corrected chi connectivity index (χ4v) is 4.01. The van der Waals surface area contributed by atoms with Gasteiger partial charge >= 0.3 is 0 Å². The van der Waals surface area contributed by atoms with Gasteiger partial charge in [0, 0.05) is 30.7 Å². The molecule has 0 bridgehead atoms. The SMILES string of the molecule is C=C(Nc1c(C(N)=O)oc2c(F)cc(C)cc12)c1cccc(CN2CCC(O)CC2)c1. The summed E-state index contributed by atoms with van der Waals surface area (Å²) >= 11 is 0. The van der Waals surface area contributed by atoms with Crippen molar-refractivity contribution in [3.63, 3.8) is 0 Å². The molecule has 1 aromatic heterocycles. The van der Waals surface area contributed by atoms with Crippen LogP contribution in [0.3, 0.4) is 0 Å². The molecule has 0 saturated carbocycles. The number of nitrogens with zero attached hydrogens (tertiary/aromatic N) is 1. The van der Waals surface area contributed by atoms with Gasteiger partial charge in [-0.25, -0.2) is 4.39 Å². The van der Waals surface area contributed by atoms with Gasteiger partial charge in [0.05, 0.1) is 11.8 Å². The number of halogens is 1. The first kappa shape index (κ1) is 21.1. The first-order valence-electron chi connectivity index (χ1n) is 10.3. The molecule has 0 unspecified atom stereocenters. The number of hydrogen-bond donors (Lipinski definition) is 3.